The van der Waals surface area contributed by atoms with Gasteiger partial charge in [-0.25, -0.2) is 0 Å². The monoisotopic (exact) mass is 381 g/mol. The van der Waals surface area contributed by atoms with E-state index in [-0.39, 0.29) is 17.7 Å². The molecule has 6 nitrogen and oxygen atoms in total. The van der Waals surface area contributed by atoms with Crippen molar-refractivity contribution >= 4 is 23.4 Å². The predicted octanol–water partition coefficient (Wildman–Crippen LogP) is 3.14. The summed E-state index contributed by atoms with van der Waals surface area (Å²) in [6.07, 6.45) is 0. The summed E-state index contributed by atoms with van der Waals surface area (Å²) in [5, 5.41) is 8.34. The number of hydrogen-bond acceptors (Lipinski definition) is 3. The number of hydrogen-bond donors (Lipinski definition) is 3. The van der Waals surface area contributed by atoms with Crippen molar-refractivity contribution in [3.05, 3.63) is 65.2 Å². The molecule has 0 saturated heterocycles. The van der Waals surface area contributed by atoms with Crippen LogP contribution in [0.4, 0.5) is 5.69 Å². The maximum atomic E-state index is 12.2. The van der Waals surface area contributed by atoms with Crippen LogP contribution in [-0.4, -0.2) is 30.8 Å². The Labute approximate surface area is 165 Å². The maximum absolute atomic E-state index is 12.2. The van der Waals surface area contributed by atoms with Gasteiger partial charge in [-0.1, -0.05) is 38.5 Å². The number of carbonyl (C=O) groups is 3. The summed E-state index contributed by atoms with van der Waals surface area (Å²) in [5.74, 6) is -0.497. The zero-order valence-electron chi connectivity index (χ0n) is 16.8. The van der Waals surface area contributed by atoms with E-state index >= 15 is 0 Å². The van der Waals surface area contributed by atoms with Crippen LogP contribution in [0.5, 0.6) is 0 Å². The largest absolute Gasteiger partial charge is 0.354 e. The lowest BCUT2D eigenvalue weighted by molar-refractivity contribution is -0.128. The highest BCUT2D eigenvalue weighted by Gasteiger charge is 2.20. The van der Waals surface area contributed by atoms with Gasteiger partial charge in [0.2, 0.25) is 5.91 Å². The van der Waals surface area contributed by atoms with Crippen molar-refractivity contribution in [2.24, 2.45) is 5.41 Å². The Morgan fingerprint density at radius 2 is 1.25 bits per heavy atom. The minimum atomic E-state index is -0.456. The van der Waals surface area contributed by atoms with Crippen molar-refractivity contribution in [2.45, 2.75) is 27.7 Å². The topological polar surface area (TPSA) is 87.3 Å². The van der Waals surface area contributed by atoms with Crippen molar-refractivity contribution in [1.29, 1.82) is 0 Å². The third kappa shape index (κ3) is 6.23. The van der Waals surface area contributed by atoms with Gasteiger partial charge in [-0.3, -0.25) is 14.4 Å². The zero-order chi connectivity index (χ0) is 20.7. The molecule has 0 aromatic heterocycles. The molecule has 148 valence electrons. The predicted molar refractivity (Wildman–Crippen MR) is 110 cm³/mol. The van der Waals surface area contributed by atoms with Gasteiger partial charge in [0.15, 0.2) is 0 Å². The van der Waals surface area contributed by atoms with Gasteiger partial charge in [0.1, 0.15) is 0 Å². The lowest BCUT2D eigenvalue weighted by Crippen LogP contribution is -2.39. The third-order valence-electron chi connectivity index (χ3n) is 4.10. The van der Waals surface area contributed by atoms with E-state index in [4.69, 9.17) is 0 Å². The van der Waals surface area contributed by atoms with Gasteiger partial charge in [-0.05, 0) is 43.3 Å². The molecule has 6 heteroatoms. The van der Waals surface area contributed by atoms with Crippen LogP contribution >= 0.6 is 0 Å². The maximum Gasteiger partial charge on any atom is 0.255 e. The fourth-order valence-corrected chi connectivity index (χ4v) is 2.33. The Hall–Kier alpha value is -3.15. The molecule has 3 N–H and O–H groups in total. The molecule has 0 atom stereocenters. The lowest BCUT2D eigenvalue weighted by Gasteiger charge is -2.17. The van der Waals surface area contributed by atoms with Crippen LogP contribution in [0.25, 0.3) is 0 Å². The molecule has 0 heterocycles. The quantitative estimate of drug-likeness (QED) is 0.672. The van der Waals surface area contributed by atoms with Gasteiger partial charge in [0.25, 0.3) is 11.8 Å². The standard InChI is InChI=1S/C22H27N3O3/c1-15-5-7-17(8-6-15)20(27)25-18-11-9-16(10-12-18)19(26)23-13-14-24-21(28)22(2,3)4/h5-12H,13-14H2,1-4H3,(H,23,26)(H,24,28)(H,25,27). The highest BCUT2D eigenvalue weighted by atomic mass is 16.2. The van der Waals surface area contributed by atoms with Gasteiger partial charge >= 0.3 is 0 Å². The van der Waals surface area contributed by atoms with Gasteiger partial charge in [0, 0.05) is 35.3 Å². The summed E-state index contributed by atoms with van der Waals surface area (Å²) in [5.41, 5.74) is 2.30. The zero-order valence-corrected chi connectivity index (χ0v) is 16.8. The number of amides is 3. The van der Waals surface area contributed by atoms with Crippen LogP contribution in [0.1, 0.15) is 47.1 Å². The molecule has 0 aliphatic carbocycles. The van der Waals surface area contributed by atoms with Crippen molar-refractivity contribution < 1.29 is 14.4 Å². The Bertz CT molecular complexity index is 835. The molecule has 0 radical (unpaired) electrons. The highest BCUT2D eigenvalue weighted by Crippen LogP contribution is 2.13. The molecule has 2 aromatic carbocycles. The average molecular weight is 381 g/mol. The first-order valence-corrected chi connectivity index (χ1v) is 9.21. The second-order valence-corrected chi connectivity index (χ2v) is 7.66. The molecule has 0 saturated carbocycles. The van der Waals surface area contributed by atoms with Crippen molar-refractivity contribution in [3.8, 4) is 0 Å². The van der Waals surface area contributed by atoms with Crippen LogP contribution in [0.2, 0.25) is 0 Å². The van der Waals surface area contributed by atoms with Crippen molar-refractivity contribution in [2.75, 3.05) is 18.4 Å². The highest BCUT2D eigenvalue weighted by molar-refractivity contribution is 6.04. The number of aryl methyl sites for hydroxylation is 1. The molecule has 0 aliphatic heterocycles. The van der Waals surface area contributed by atoms with Crippen LogP contribution < -0.4 is 16.0 Å². The second kappa shape index (κ2) is 9.17. The molecule has 0 spiro atoms. The van der Waals surface area contributed by atoms with Crippen LogP contribution in [-0.2, 0) is 4.79 Å². The number of benzene rings is 2. The van der Waals surface area contributed by atoms with Crippen LogP contribution in [0, 0.1) is 12.3 Å². The van der Waals surface area contributed by atoms with E-state index in [0.717, 1.165) is 5.56 Å². The number of carbonyl (C=O) groups excluding carboxylic acids is 3. The summed E-state index contributed by atoms with van der Waals surface area (Å²) in [4.78, 5) is 36.1. The molecular formula is C22H27N3O3. The smallest absolute Gasteiger partial charge is 0.255 e. The Kier molecular flexibility index (Phi) is 6.93. The summed E-state index contributed by atoms with van der Waals surface area (Å²) in [6, 6.07) is 14.0. The van der Waals surface area contributed by atoms with Gasteiger partial charge < -0.3 is 16.0 Å². The van der Waals surface area contributed by atoms with E-state index in [1.807, 2.05) is 39.8 Å². The Morgan fingerprint density at radius 1 is 0.750 bits per heavy atom. The van der Waals surface area contributed by atoms with Crippen LogP contribution in [0.3, 0.4) is 0 Å². The minimum Gasteiger partial charge on any atom is -0.354 e. The number of rotatable bonds is 6. The first kappa shape index (κ1) is 21.2. The fourth-order valence-electron chi connectivity index (χ4n) is 2.33. The SMILES string of the molecule is Cc1ccc(C(=O)Nc2ccc(C(=O)NCCNC(=O)C(C)(C)C)cc2)cc1. The Morgan fingerprint density at radius 3 is 1.82 bits per heavy atom. The molecule has 2 rings (SSSR count). The first-order valence-electron chi connectivity index (χ1n) is 9.21. The van der Waals surface area contributed by atoms with E-state index in [0.29, 0.717) is 29.9 Å². The summed E-state index contributed by atoms with van der Waals surface area (Å²) in [7, 11) is 0. The average Bonchev–Trinajstić information content (AvgIpc) is 2.65. The van der Waals surface area contributed by atoms with E-state index in [1.165, 1.54) is 0 Å². The van der Waals surface area contributed by atoms with Gasteiger partial charge in [-0.15, -0.1) is 0 Å². The Balaban J connectivity index is 1.82. The summed E-state index contributed by atoms with van der Waals surface area (Å²) >= 11 is 0. The van der Waals surface area contributed by atoms with Gasteiger partial charge in [0.05, 0.1) is 0 Å². The molecular weight excluding hydrogens is 354 g/mol. The number of nitrogens with one attached hydrogen (secondary N) is 3. The van der Waals surface area contributed by atoms with Gasteiger partial charge in [-0.2, -0.15) is 0 Å². The van der Waals surface area contributed by atoms with E-state index in [2.05, 4.69) is 16.0 Å². The van der Waals surface area contributed by atoms with E-state index < -0.39 is 5.41 Å². The molecule has 2 aromatic rings. The molecule has 0 unspecified atom stereocenters. The van der Waals surface area contributed by atoms with Crippen molar-refractivity contribution in [3.63, 3.8) is 0 Å². The van der Waals surface area contributed by atoms with E-state index in [1.54, 1.807) is 36.4 Å². The minimum absolute atomic E-state index is 0.0598. The normalized spacial score (nSPS) is 10.9. The molecule has 28 heavy (non-hydrogen) atoms. The first-order chi connectivity index (χ1) is 13.2. The third-order valence-corrected chi connectivity index (χ3v) is 4.10. The molecule has 0 fully saturated rings. The molecule has 0 aliphatic rings. The lowest BCUT2D eigenvalue weighted by atomic mass is 9.96. The second-order valence-electron chi connectivity index (χ2n) is 7.66. The fraction of sp³-hybridized carbons (Fsp3) is 0.318. The van der Waals surface area contributed by atoms with Crippen LogP contribution in [0.15, 0.2) is 48.5 Å². The summed E-state index contributed by atoms with van der Waals surface area (Å²) in [6.45, 7) is 8.17. The molecule has 0 bridgehead atoms. The summed E-state index contributed by atoms with van der Waals surface area (Å²) < 4.78 is 0. The number of anilines is 1. The van der Waals surface area contributed by atoms with Crippen molar-refractivity contribution in [1.82, 2.24) is 10.6 Å². The van der Waals surface area contributed by atoms with E-state index in [9.17, 15) is 14.4 Å². The molecule has 3 amide bonds.